The smallest absolute Gasteiger partial charge is 0.269 e. The van der Waals surface area contributed by atoms with Crippen molar-refractivity contribution < 1.29 is 4.92 Å². The van der Waals surface area contributed by atoms with Gasteiger partial charge in [0.2, 0.25) is 0 Å². The molecule has 3 aromatic rings. The van der Waals surface area contributed by atoms with Gasteiger partial charge in [-0.15, -0.1) is 23.1 Å². The molecule has 0 aliphatic heterocycles. The Balaban J connectivity index is 1.84. The third-order valence-electron chi connectivity index (χ3n) is 4.07. The highest BCUT2D eigenvalue weighted by molar-refractivity contribution is 8.02. The molecular weight excluding hydrogens is 378 g/mol. The molecule has 2 aromatic carbocycles. The van der Waals surface area contributed by atoms with Crippen molar-refractivity contribution in [3.63, 3.8) is 0 Å². The summed E-state index contributed by atoms with van der Waals surface area (Å²) in [6, 6.07) is 16.7. The molecule has 7 heteroatoms. The molecule has 5 nitrogen and oxygen atoms in total. The van der Waals surface area contributed by atoms with Crippen LogP contribution in [0.4, 0.5) is 5.69 Å². The van der Waals surface area contributed by atoms with E-state index in [0.29, 0.717) is 6.42 Å². The van der Waals surface area contributed by atoms with Crippen LogP contribution in [-0.4, -0.2) is 16.2 Å². The molecule has 0 saturated heterocycles. The first-order valence-electron chi connectivity index (χ1n) is 8.30. The van der Waals surface area contributed by atoms with E-state index < -0.39 is 0 Å². The van der Waals surface area contributed by atoms with Crippen LogP contribution in [0.25, 0.3) is 10.6 Å². The molecule has 0 saturated carbocycles. The summed E-state index contributed by atoms with van der Waals surface area (Å²) in [7, 11) is 0. The highest BCUT2D eigenvalue weighted by Crippen LogP contribution is 2.29. The number of nitrogens with one attached hydrogen (secondary N) is 1. The molecule has 0 radical (unpaired) electrons. The maximum absolute atomic E-state index is 10.8. The Labute approximate surface area is 166 Å². The van der Waals surface area contributed by atoms with Gasteiger partial charge in [0.25, 0.3) is 5.69 Å². The van der Waals surface area contributed by atoms with E-state index in [-0.39, 0.29) is 16.7 Å². The van der Waals surface area contributed by atoms with Gasteiger partial charge in [0.05, 0.1) is 21.7 Å². The third kappa shape index (κ3) is 4.96. The lowest BCUT2D eigenvalue weighted by atomic mass is 10.0. The first kappa shape index (κ1) is 19.1. The van der Waals surface area contributed by atoms with Crippen molar-refractivity contribution in [1.82, 2.24) is 10.3 Å². The number of hydrogen-bond donors (Lipinski definition) is 1. The van der Waals surface area contributed by atoms with E-state index in [4.69, 9.17) is 4.98 Å². The van der Waals surface area contributed by atoms with Gasteiger partial charge in [-0.1, -0.05) is 49.0 Å². The van der Waals surface area contributed by atoms with Gasteiger partial charge in [-0.2, -0.15) is 0 Å². The van der Waals surface area contributed by atoms with E-state index in [1.165, 1.54) is 12.1 Å². The zero-order chi connectivity index (χ0) is 19.2. The molecule has 1 atom stereocenters. The van der Waals surface area contributed by atoms with Gasteiger partial charge in [0, 0.05) is 23.1 Å². The number of thioether (sulfide) groups is 1. The Morgan fingerprint density at radius 1 is 1.26 bits per heavy atom. The number of rotatable bonds is 8. The molecule has 1 aromatic heterocycles. The molecule has 0 amide bonds. The summed E-state index contributed by atoms with van der Waals surface area (Å²) in [5.41, 5.74) is 3.12. The predicted molar refractivity (Wildman–Crippen MR) is 113 cm³/mol. The van der Waals surface area contributed by atoms with Crippen LogP contribution in [0.1, 0.15) is 17.3 Å². The van der Waals surface area contributed by atoms with Gasteiger partial charge >= 0.3 is 0 Å². The van der Waals surface area contributed by atoms with Crippen LogP contribution < -0.4 is 5.32 Å². The van der Waals surface area contributed by atoms with E-state index >= 15 is 0 Å². The van der Waals surface area contributed by atoms with Gasteiger partial charge < -0.3 is 5.32 Å². The highest BCUT2D eigenvalue weighted by atomic mass is 32.2. The first-order chi connectivity index (χ1) is 13.1. The standard InChI is InChI=1S/C20H19N3O2S2/c1-14(26-2)21-18(12-15-8-10-17(11-9-15)23(24)25)19-13-27-20(22-19)16-6-4-3-5-7-16/h3-11,13,18,21H,1,12H2,2H3/t18-/m0/s1. The summed E-state index contributed by atoms with van der Waals surface area (Å²) in [6.45, 7) is 4.02. The monoisotopic (exact) mass is 397 g/mol. The maximum Gasteiger partial charge on any atom is 0.269 e. The second kappa shape index (κ2) is 8.83. The van der Waals surface area contributed by atoms with Crippen molar-refractivity contribution in [1.29, 1.82) is 0 Å². The fourth-order valence-corrected chi connectivity index (χ4v) is 3.77. The fraction of sp³-hybridized carbons (Fsp3) is 0.150. The molecule has 138 valence electrons. The average molecular weight is 398 g/mol. The molecular formula is C20H19N3O2S2. The topological polar surface area (TPSA) is 68.1 Å². The average Bonchev–Trinajstić information content (AvgIpc) is 3.18. The maximum atomic E-state index is 10.8. The third-order valence-corrected chi connectivity index (χ3v) is 5.59. The van der Waals surface area contributed by atoms with Gasteiger partial charge in [0.1, 0.15) is 5.01 Å². The van der Waals surface area contributed by atoms with Crippen LogP contribution in [0.3, 0.4) is 0 Å². The first-order valence-corrected chi connectivity index (χ1v) is 10.4. The molecule has 1 N–H and O–H groups in total. The highest BCUT2D eigenvalue weighted by Gasteiger charge is 2.17. The lowest BCUT2D eigenvalue weighted by molar-refractivity contribution is -0.384. The Bertz CT molecular complexity index is 924. The Morgan fingerprint density at radius 2 is 1.96 bits per heavy atom. The number of nitro benzene ring substituents is 1. The lowest BCUT2D eigenvalue weighted by Gasteiger charge is -2.19. The summed E-state index contributed by atoms with van der Waals surface area (Å²) in [5.74, 6) is 0. The van der Waals surface area contributed by atoms with Crippen LogP contribution in [0.5, 0.6) is 0 Å². The quantitative estimate of drug-likeness (QED) is 0.406. The number of nitro groups is 1. The summed E-state index contributed by atoms with van der Waals surface area (Å²) in [5, 5.41) is 18.1. The van der Waals surface area contributed by atoms with Gasteiger partial charge in [-0.05, 0) is 18.2 Å². The molecule has 0 aliphatic carbocycles. The van der Waals surface area contributed by atoms with Crippen molar-refractivity contribution >= 4 is 28.8 Å². The van der Waals surface area contributed by atoms with Crippen LogP contribution in [-0.2, 0) is 6.42 Å². The van der Waals surface area contributed by atoms with E-state index in [0.717, 1.165) is 26.9 Å². The molecule has 0 fully saturated rings. The molecule has 0 aliphatic rings. The Hall–Kier alpha value is -2.64. The minimum absolute atomic E-state index is 0.0554. The molecule has 3 rings (SSSR count). The number of non-ortho nitro benzene ring substituents is 1. The zero-order valence-electron chi connectivity index (χ0n) is 14.8. The van der Waals surface area contributed by atoms with Crippen molar-refractivity contribution in [2.45, 2.75) is 12.5 Å². The van der Waals surface area contributed by atoms with Crippen LogP contribution >= 0.6 is 23.1 Å². The minimum atomic E-state index is -0.387. The fourth-order valence-electron chi connectivity index (χ4n) is 2.63. The summed E-state index contributed by atoms with van der Waals surface area (Å²) in [6.07, 6.45) is 2.63. The Morgan fingerprint density at radius 3 is 2.59 bits per heavy atom. The van der Waals surface area contributed by atoms with Gasteiger partial charge in [0.15, 0.2) is 0 Å². The largest absolute Gasteiger partial charge is 0.372 e. The van der Waals surface area contributed by atoms with Crippen molar-refractivity contribution in [3.8, 4) is 10.6 Å². The lowest BCUT2D eigenvalue weighted by Crippen LogP contribution is -2.21. The van der Waals surface area contributed by atoms with Crippen LogP contribution in [0.15, 0.2) is 71.6 Å². The number of hydrogen-bond acceptors (Lipinski definition) is 6. The van der Waals surface area contributed by atoms with Gasteiger partial charge in [-0.3, -0.25) is 10.1 Å². The van der Waals surface area contributed by atoms with Crippen molar-refractivity contribution in [3.05, 3.63) is 93.0 Å². The summed E-state index contributed by atoms with van der Waals surface area (Å²) in [4.78, 5) is 15.3. The van der Waals surface area contributed by atoms with Crippen molar-refractivity contribution in [2.75, 3.05) is 6.26 Å². The molecule has 1 heterocycles. The molecule has 0 spiro atoms. The molecule has 27 heavy (non-hydrogen) atoms. The normalized spacial score (nSPS) is 11.7. The predicted octanol–water partition coefficient (Wildman–Crippen LogP) is 5.43. The summed E-state index contributed by atoms with van der Waals surface area (Å²) >= 11 is 3.15. The van der Waals surface area contributed by atoms with Crippen LogP contribution in [0, 0.1) is 10.1 Å². The molecule has 0 unspecified atom stereocenters. The second-order valence-corrected chi connectivity index (χ2v) is 7.65. The Kier molecular flexibility index (Phi) is 6.26. The zero-order valence-corrected chi connectivity index (χ0v) is 16.4. The molecule has 0 bridgehead atoms. The van der Waals surface area contributed by atoms with Gasteiger partial charge in [-0.25, -0.2) is 4.98 Å². The number of aromatic nitrogens is 1. The van der Waals surface area contributed by atoms with E-state index in [1.807, 2.05) is 36.6 Å². The SMILES string of the molecule is C=C(N[C@@H](Cc1ccc([N+](=O)[O-])cc1)c1csc(-c2ccccc2)n1)SC. The van der Waals surface area contributed by atoms with E-state index in [9.17, 15) is 10.1 Å². The van der Waals surface area contributed by atoms with E-state index in [1.54, 1.807) is 35.2 Å². The number of thiazole rings is 1. The van der Waals surface area contributed by atoms with E-state index in [2.05, 4.69) is 17.3 Å². The minimum Gasteiger partial charge on any atom is -0.372 e. The second-order valence-electron chi connectivity index (χ2n) is 5.90. The summed E-state index contributed by atoms with van der Waals surface area (Å²) < 4.78 is 0. The number of nitrogens with zero attached hydrogens (tertiary/aromatic N) is 2. The number of benzene rings is 2. The van der Waals surface area contributed by atoms with Crippen molar-refractivity contribution in [2.24, 2.45) is 0 Å². The van der Waals surface area contributed by atoms with Crippen LogP contribution in [0.2, 0.25) is 0 Å².